The Labute approximate surface area is 88.2 Å². The summed E-state index contributed by atoms with van der Waals surface area (Å²) in [6, 6.07) is 0. The van der Waals surface area contributed by atoms with Gasteiger partial charge in [-0.3, -0.25) is 4.79 Å². The molecule has 1 N–H and O–H groups in total. The monoisotopic (exact) mass is 221 g/mol. The standard InChI is InChI=1S/C10H17F2NO2/c1-2-5-15-6-9(14)8-3-4-13-7-10(8,11)12/h8,13H,2-7H2,1H3. The van der Waals surface area contributed by atoms with Gasteiger partial charge in [0.15, 0.2) is 5.78 Å². The maximum atomic E-state index is 13.3. The quantitative estimate of drug-likeness (QED) is 0.709. The van der Waals surface area contributed by atoms with Crippen LogP contribution in [-0.2, 0) is 9.53 Å². The number of carbonyl (C=O) groups is 1. The number of ether oxygens (including phenoxy) is 1. The van der Waals surface area contributed by atoms with Gasteiger partial charge in [0.25, 0.3) is 5.92 Å². The minimum Gasteiger partial charge on any atom is -0.374 e. The molecular formula is C10H17F2NO2. The molecule has 1 fully saturated rings. The van der Waals surface area contributed by atoms with Crippen molar-refractivity contribution < 1.29 is 18.3 Å². The normalized spacial score (nSPS) is 25.1. The van der Waals surface area contributed by atoms with E-state index in [0.717, 1.165) is 6.42 Å². The van der Waals surface area contributed by atoms with Crippen molar-refractivity contribution >= 4 is 5.78 Å². The summed E-state index contributed by atoms with van der Waals surface area (Å²) in [4.78, 5) is 11.5. The average Bonchev–Trinajstić information content (AvgIpc) is 2.17. The lowest BCUT2D eigenvalue weighted by atomic mass is 9.90. The van der Waals surface area contributed by atoms with Crippen LogP contribution in [0.25, 0.3) is 0 Å². The van der Waals surface area contributed by atoms with Gasteiger partial charge in [0.2, 0.25) is 0 Å². The predicted molar refractivity (Wildman–Crippen MR) is 52.0 cm³/mol. The molecule has 1 aliphatic heterocycles. The van der Waals surface area contributed by atoms with E-state index >= 15 is 0 Å². The third-order valence-corrected chi connectivity index (χ3v) is 2.46. The maximum Gasteiger partial charge on any atom is 0.270 e. The number of halogens is 2. The molecule has 0 spiro atoms. The summed E-state index contributed by atoms with van der Waals surface area (Å²) < 4.78 is 31.6. The van der Waals surface area contributed by atoms with E-state index in [1.807, 2.05) is 6.92 Å². The van der Waals surface area contributed by atoms with Crippen LogP contribution in [0.3, 0.4) is 0 Å². The Morgan fingerprint density at radius 3 is 2.93 bits per heavy atom. The van der Waals surface area contributed by atoms with Crippen LogP contribution in [0.15, 0.2) is 0 Å². The molecule has 0 bridgehead atoms. The Morgan fingerprint density at radius 2 is 2.33 bits per heavy atom. The highest BCUT2D eigenvalue weighted by molar-refractivity contribution is 5.83. The van der Waals surface area contributed by atoms with E-state index in [9.17, 15) is 13.6 Å². The number of Topliss-reactive ketones (excluding diaryl/α,β-unsaturated/α-hetero) is 1. The minimum absolute atomic E-state index is 0.186. The Balaban J connectivity index is 2.42. The van der Waals surface area contributed by atoms with Crippen LogP contribution in [0.5, 0.6) is 0 Å². The van der Waals surface area contributed by atoms with Crippen LogP contribution in [0.2, 0.25) is 0 Å². The van der Waals surface area contributed by atoms with E-state index in [1.165, 1.54) is 0 Å². The molecule has 88 valence electrons. The first-order chi connectivity index (χ1) is 7.08. The molecule has 0 aliphatic carbocycles. The number of nitrogens with one attached hydrogen (secondary N) is 1. The van der Waals surface area contributed by atoms with Gasteiger partial charge < -0.3 is 10.1 Å². The van der Waals surface area contributed by atoms with E-state index < -0.39 is 24.2 Å². The van der Waals surface area contributed by atoms with E-state index in [4.69, 9.17) is 4.74 Å². The molecule has 0 saturated carbocycles. The second-order valence-corrected chi connectivity index (χ2v) is 3.80. The van der Waals surface area contributed by atoms with Gasteiger partial charge in [0.05, 0.1) is 12.5 Å². The summed E-state index contributed by atoms with van der Waals surface area (Å²) in [5.74, 6) is -4.57. The Hall–Kier alpha value is -0.550. The molecule has 1 unspecified atom stereocenters. The Kier molecular flexibility index (Phi) is 4.60. The molecule has 1 aliphatic rings. The summed E-state index contributed by atoms with van der Waals surface area (Å²) >= 11 is 0. The van der Waals surface area contributed by atoms with Crippen molar-refractivity contribution in [1.82, 2.24) is 5.32 Å². The lowest BCUT2D eigenvalue weighted by Crippen LogP contribution is -2.49. The first kappa shape index (κ1) is 12.5. The van der Waals surface area contributed by atoms with E-state index in [-0.39, 0.29) is 13.0 Å². The SMILES string of the molecule is CCCOCC(=O)C1CCNCC1(F)F. The molecule has 1 heterocycles. The lowest BCUT2D eigenvalue weighted by Gasteiger charge is -2.30. The number of piperidine rings is 1. The number of carbonyl (C=O) groups excluding carboxylic acids is 1. The first-order valence-corrected chi connectivity index (χ1v) is 5.27. The van der Waals surface area contributed by atoms with Crippen molar-refractivity contribution in [3.63, 3.8) is 0 Å². The molecular weight excluding hydrogens is 204 g/mol. The second kappa shape index (κ2) is 5.51. The van der Waals surface area contributed by atoms with Crippen LogP contribution < -0.4 is 5.32 Å². The van der Waals surface area contributed by atoms with Gasteiger partial charge >= 0.3 is 0 Å². The topological polar surface area (TPSA) is 38.3 Å². The van der Waals surface area contributed by atoms with Crippen LogP contribution in [0.1, 0.15) is 19.8 Å². The average molecular weight is 221 g/mol. The molecule has 3 nitrogen and oxygen atoms in total. The fourth-order valence-corrected chi connectivity index (χ4v) is 1.65. The summed E-state index contributed by atoms with van der Waals surface area (Å²) in [6.45, 7) is 2.23. The number of ketones is 1. The molecule has 15 heavy (non-hydrogen) atoms. The predicted octanol–water partition coefficient (Wildman–Crippen LogP) is 1.23. The van der Waals surface area contributed by atoms with Crippen molar-refractivity contribution in [3.05, 3.63) is 0 Å². The van der Waals surface area contributed by atoms with Crippen molar-refractivity contribution in [2.75, 3.05) is 26.3 Å². The van der Waals surface area contributed by atoms with E-state index in [1.54, 1.807) is 0 Å². The van der Waals surface area contributed by atoms with Crippen LogP contribution >= 0.6 is 0 Å². The Bertz CT molecular complexity index is 221. The number of alkyl halides is 2. The number of hydrogen-bond acceptors (Lipinski definition) is 3. The molecule has 0 aromatic rings. The van der Waals surface area contributed by atoms with Gasteiger partial charge in [-0.25, -0.2) is 8.78 Å². The molecule has 1 saturated heterocycles. The minimum atomic E-state index is -2.93. The highest BCUT2D eigenvalue weighted by Gasteiger charge is 2.45. The lowest BCUT2D eigenvalue weighted by molar-refractivity contribution is -0.145. The van der Waals surface area contributed by atoms with Crippen molar-refractivity contribution in [3.8, 4) is 0 Å². The third kappa shape index (κ3) is 3.50. The summed E-state index contributed by atoms with van der Waals surface area (Å²) in [6.07, 6.45) is 0.983. The van der Waals surface area contributed by atoms with Crippen LogP contribution in [-0.4, -0.2) is 38.0 Å². The highest BCUT2D eigenvalue weighted by Crippen LogP contribution is 2.30. The molecule has 1 atom stereocenters. The van der Waals surface area contributed by atoms with Gasteiger partial charge in [0, 0.05) is 6.61 Å². The van der Waals surface area contributed by atoms with E-state index in [2.05, 4.69) is 5.32 Å². The fourth-order valence-electron chi connectivity index (χ4n) is 1.65. The van der Waals surface area contributed by atoms with Crippen molar-refractivity contribution in [2.45, 2.75) is 25.7 Å². The smallest absolute Gasteiger partial charge is 0.270 e. The number of rotatable bonds is 5. The molecule has 0 radical (unpaired) electrons. The first-order valence-electron chi connectivity index (χ1n) is 5.27. The van der Waals surface area contributed by atoms with Crippen molar-refractivity contribution in [2.24, 2.45) is 5.92 Å². The summed E-state index contributed by atoms with van der Waals surface area (Å²) in [5, 5.41) is 2.58. The zero-order valence-electron chi connectivity index (χ0n) is 8.89. The Morgan fingerprint density at radius 1 is 1.60 bits per heavy atom. The summed E-state index contributed by atoms with van der Waals surface area (Å²) in [7, 11) is 0. The van der Waals surface area contributed by atoms with Gasteiger partial charge in [-0.15, -0.1) is 0 Å². The third-order valence-electron chi connectivity index (χ3n) is 2.46. The molecule has 0 aromatic carbocycles. The maximum absolute atomic E-state index is 13.3. The molecule has 5 heteroatoms. The molecule has 0 amide bonds. The highest BCUT2D eigenvalue weighted by atomic mass is 19.3. The zero-order valence-corrected chi connectivity index (χ0v) is 8.89. The number of hydrogen-bond donors (Lipinski definition) is 1. The van der Waals surface area contributed by atoms with Gasteiger partial charge in [-0.05, 0) is 19.4 Å². The van der Waals surface area contributed by atoms with Gasteiger partial charge in [-0.1, -0.05) is 6.92 Å². The largest absolute Gasteiger partial charge is 0.374 e. The van der Waals surface area contributed by atoms with Crippen LogP contribution in [0, 0.1) is 5.92 Å². The van der Waals surface area contributed by atoms with Crippen LogP contribution in [0.4, 0.5) is 8.78 Å². The zero-order chi connectivity index (χ0) is 11.3. The molecule has 0 aromatic heterocycles. The van der Waals surface area contributed by atoms with E-state index in [0.29, 0.717) is 13.2 Å². The second-order valence-electron chi connectivity index (χ2n) is 3.80. The van der Waals surface area contributed by atoms with Gasteiger partial charge in [-0.2, -0.15) is 0 Å². The van der Waals surface area contributed by atoms with Gasteiger partial charge in [0.1, 0.15) is 6.61 Å². The summed E-state index contributed by atoms with van der Waals surface area (Å²) in [5.41, 5.74) is 0. The fraction of sp³-hybridized carbons (Fsp3) is 0.900. The van der Waals surface area contributed by atoms with Crippen molar-refractivity contribution in [1.29, 1.82) is 0 Å². The molecule has 1 rings (SSSR count).